The second kappa shape index (κ2) is 5.66. The summed E-state index contributed by atoms with van der Waals surface area (Å²) < 4.78 is 1.93. The van der Waals surface area contributed by atoms with Gasteiger partial charge in [-0.15, -0.1) is 0 Å². The van der Waals surface area contributed by atoms with E-state index in [-0.39, 0.29) is 5.91 Å². The summed E-state index contributed by atoms with van der Waals surface area (Å²) >= 11 is 1.46. The second-order valence-corrected chi connectivity index (χ2v) is 6.66. The van der Waals surface area contributed by atoms with Crippen LogP contribution in [0.5, 0.6) is 0 Å². The highest BCUT2D eigenvalue weighted by Gasteiger charge is 2.24. The molecule has 0 aliphatic carbocycles. The van der Waals surface area contributed by atoms with Crippen LogP contribution < -0.4 is 4.90 Å². The van der Waals surface area contributed by atoms with Crippen LogP contribution in [0.3, 0.4) is 0 Å². The smallest absolute Gasteiger partial charge is 0.265 e. The van der Waals surface area contributed by atoms with E-state index in [4.69, 9.17) is 0 Å². The number of imidazole rings is 1. The third-order valence-electron chi connectivity index (χ3n) is 4.08. The maximum atomic E-state index is 12.7. The van der Waals surface area contributed by atoms with Crippen LogP contribution in [0.25, 0.3) is 4.96 Å². The minimum Gasteiger partial charge on any atom is -0.368 e. The molecule has 0 spiro atoms. The number of pyridine rings is 1. The molecule has 1 aliphatic heterocycles. The van der Waals surface area contributed by atoms with Gasteiger partial charge in [-0.05, 0) is 19.1 Å². The topological polar surface area (TPSA) is 53.7 Å². The minimum atomic E-state index is 0.104. The van der Waals surface area contributed by atoms with Crippen molar-refractivity contribution in [3.05, 3.63) is 47.5 Å². The standard InChI is InChI=1S/C16H17N5OS/c1-12-10-21-11-14(23-16(21)18-12)15(22)20-8-6-19(7-9-20)13-2-4-17-5-3-13/h2-5,10-11H,6-9H2,1H3. The van der Waals surface area contributed by atoms with Gasteiger partial charge in [0.1, 0.15) is 4.88 Å². The van der Waals surface area contributed by atoms with Crippen LogP contribution in [0.4, 0.5) is 5.69 Å². The summed E-state index contributed by atoms with van der Waals surface area (Å²) in [6, 6.07) is 4.02. The lowest BCUT2D eigenvalue weighted by molar-refractivity contribution is 0.0751. The van der Waals surface area contributed by atoms with Crippen molar-refractivity contribution in [1.82, 2.24) is 19.3 Å². The Morgan fingerprint density at radius 1 is 1.13 bits per heavy atom. The van der Waals surface area contributed by atoms with Crippen molar-refractivity contribution in [3.63, 3.8) is 0 Å². The number of hydrogen-bond donors (Lipinski definition) is 0. The number of thiazole rings is 1. The molecule has 0 radical (unpaired) electrons. The van der Waals surface area contributed by atoms with Crippen LogP contribution in [0.1, 0.15) is 15.4 Å². The minimum absolute atomic E-state index is 0.104. The van der Waals surface area contributed by atoms with E-state index in [2.05, 4.69) is 14.9 Å². The zero-order valence-electron chi connectivity index (χ0n) is 12.8. The van der Waals surface area contributed by atoms with Gasteiger partial charge in [-0.3, -0.25) is 14.2 Å². The highest BCUT2D eigenvalue weighted by atomic mass is 32.1. The maximum absolute atomic E-state index is 12.7. The fourth-order valence-corrected chi connectivity index (χ4v) is 3.87. The molecule has 118 valence electrons. The first-order chi connectivity index (χ1) is 11.2. The van der Waals surface area contributed by atoms with Gasteiger partial charge in [-0.1, -0.05) is 11.3 Å². The van der Waals surface area contributed by atoms with E-state index in [1.165, 1.54) is 11.3 Å². The lowest BCUT2D eigenvalue weighted by Gasteiger charge is -2.35. The zero-order chi connectivity index (χ0) is 15.8. The highest BCUT2D eigenvalue weighted by molar-refractivity contribution is 7.18. The highest BCUT2D eigenvalue weighted by Crippen LogP contribution is 2.21. The largest absolute Gasteiger partial charge is 0.368 e. The number of nitrogens with zero attached hydrogens (tertiary/aromatic N) is 5. The van der Waals surface area contributed by atoms with Crippen molar-refractivity contribution in [2.24, 2.45) is 0 Å². The number of carbonyl (C=O) groups excluding carboxylic acids is 1. The third kappa shape index (κ3) is 2.68. The molecule has 1 saturated heterocycles. The zero-order valence-corrected chi connectivity index (χ0v) is 13.7. The Bertz CT molecular complexity index is 801. The predicted molar refractivity (Wildman–Crippen MR) is 90.2 cm³/mol. The second-order valence-electron chi connectivity index (χ2n) is 5.65. The molecule has 3 aromatic rings. The Labute approximate surface area is 138 Å². The first-order valence-corrected chi connectivity index (χ1v) is 8.42. The fourth-order valence-electron chi connectivity index (χ4n) is 2.89. The summed E-state index contributed by atoms with van der Waals surface area (Å²) in [5.41, 5.74) is 2.14. The molecule has 6 nitrogen and oxygen atoms in total. The van der Waals surface area contributed by atoms with Crippen molar-refractivity contribution >= 4 is 27.9 Å². The van der Waals surface area contributed by atoms with Gasteiger partial charge >= 0.3 is 0 Å². The molecule has 0 saturated carbocycles. The Kier molecular flexibility index (Phi) is 3.49. The third-order valence-corrected chi connectivity index (χ3v) is 5.07. The number of hydrogen-bond acceptors (Lipinski definition) is 5. The average Bonchev–Trinajstić information content (AvgIpc) is 3.12. The molecule has 7 heteroatoms. The first kappa shape index (κ1) is 14.2. The number of rotatable bonds is 2. The van der Waals surface area contributed by atoms with Gasteiger partial charge in [-0.2, -0.15) is 0 Å². The van der Waals surface area contributed by atoms with E-state index in [1.54, 1.807) is 12.4 Å². The summed E-state index contributed by atoms with van der Waals surface area (Å²) in [5.74, 6) is 0.104. The Balaban J connectivity index is 1.45. The van der Waals surface area contributed by atoms with Gasteiger partial charge in [0.25, 0.3) is 5.91 Å². The fraction of sp³-hybridized carbons (Fsp3) is 0.312. The number of carbonyl (C=O) groups is 1. The van der Waals surface area contributed by atoms with Crippen LogP contribution in [-0.2, 0) is 0 Å². The van der Waals surface area contributed by atoms with Crippen LogP contribution in [0.2, 0.25) is 0 Å². The van der Waals surface area contributed by atoms with Crippen LogP contribution in [0.15, 0.2) is 36.9 Å². The lowest BCUT2D eigenvalue weighted by Crippen LogP contribution is -2.48. The molecular formula is C16H17N5OS. The summed E-state index contributed by atoms with van der Waals surface area (Å²) in [7, 11) is 0. The van der Waals surface area contributed by atoms with Crippen molar-refractivity contribution in [3.8, 4) is 0 Å². The monoisotopic (exact) mass is 327 g/mol. The van der Waals surface area contributed by atoms with E-state index in [9.17, 15) is 4.79 Å². The van der Waals surface area contributed by atoms with Crippen molar-refractivity contribution in [1.29, 1.82) is 0 Å². The molecule has 1 amide bonds. The maximum Gasteiger partial charge on any atom is 0.265 e. The molecule has 1 aliphatic rings. The van der Waals surface area contributed by atoms with E-state index in [1.807, 2.05) is 40.8 Å². The van der Waals surface area contributed by atoms with Gasteiger partial charge in [0.15, 0.2) is 4.96 Å². The summed E-state index contributed by atoms with van der Waals surface area (Å²) in [6.07, 6.45) is 7.44. The van der Waals surface area contributed by atoms with Gasteiger partial charge in [0.05, 0.1) is 5.69 Å². The number of anilines is 1. The van der Waals surface area contributed by atoms with Crippen molar-refractivity contribution in [2.75, 3.05) is 31.1 Å². The molecule has 1 fully saturated rings. The quantitative estimate of drug-likeness (QED) is 0.723. The van der Waals surface area contributed by atoms with E-state index >= 15 is 0 Å². The molecular weight excluding hydrogens is 310 g/mol. The first-order valence-electron chi connectivity index (χ1n) is 7.60. The number of aromatic nitrogens is 3. The predicted octanol–water partition coefficient (Wildman–Crippen LogP) is 2.06. The molecule has 4 heterocycles. The summed E-state index contributed by atoms with van der Waals surface area (Å²) in [4.78, 5) is 27.0. The van der Waals surface area contributed by atoms with Gasteiger partial charge in [0.2, 0.25) is 0 Å². The van der Waals surface area contributed by atoms with Gasteiger partial charge in [0, 0.05) is 56.7 Å². The van der Waals surface area contributed by atoms with Crippen molar-refractivity contribution in [2.45, 2.75) is 6.92 Å². The summed E-state index contributed by atoms with van der Waals surface area (Å²) in [6.45, 7) is 5.12. The molecule has 0 unspecified atom stereocenters. The molecule has 0 N–H and O–H groups in total. The van der Waals surface area contributed by atoms with Crippen molar-refractivity contribution < 1.29 is 4.79 Å². The van der Waals surface area contributed by atoms with E-state index in [0.29, 0.717) is 0 Å². The Hall–Kier alpha value is -2.41. The Morgan fingerprint density at radius 2 is 1.87 bits per heavy atom. The lowest BCUT2D eigenvalue weighted by atomic mass is 10.2. The van der Waals surface area contributed by atoms with E-state index < -0.39 is 0 Å². The molecule has 3 aromatic heterocycles. The molecule has 23 heavy (non-hydrogen) atoms. The van der Waals surface area contributed by atoms with Crippen LogP contribution >= 0.6 is 11.3 Å². The number of fused-ring (bicyclic) bond motifs is 1. The number of aryl methyl sites for hydroxylation is 1. The van der Waals surface area contributed by atoms with Gasteiger partial charge in [-0.25, -0.2) is 4.98 Å². The summed E-state index contributed by atoms with van der Waals surface area (Å²) in [5, 5.41) is 0. The van der Waals surface area contributed by atoms with E-state index in [0.717, 1.165) is 47.4 Å². The molecule has 4 rings (SSSR count). The Morgan fingerprint density at radius 3 is 2.57 bits per heavy atom. The molecule has 0 bridgehead atoms. The SMILES string of the molecule is Cc1cn2cc(C(=O)N3CCN(c4ccncc4)CC3)sc2n1. The molecule has 0 atom stereocenters. The van der Waals surface area contributed by atoms with Crippen LogP contribution in [-0.4, -0.2) is 51.4 Å². The number of amides is 1. The van der Waals surface area contributed by atoms with Gasteiger partial charge < -0.3 is 9.80 Å². The normalized spacial score (nSPS) is 15.3. The number of piperazine rings is 1. The average molecular weight is 327 g/mol. The molecule has 0 aromatic carbocycles. The van der Waals surface area contributed by atoms with Crippen LogP contribution in [0, 0.1) is 6.92 Å².